The maximum atomic E-state index is 12.6. The van der Waals surface area contributed by atoms with Gasteiger partial charge in [0.25, 0.3) is 0 Å². The number of carbonyl (C=O) groups is 1. The molecule has 0 aromatic rings. The van der Waals surface area contributed by atoms with Gasteiger partial charge in [0.05, 0.1) is 19.6 Å². The highest BCUT2D eigenvalue weighted by Crippen LogP contribution is 2.54. The van der Waals surface area contributed by atoms with Gasteiger partial charge in [0.15, 0.2) is 0 Å². The van der Waals surface area contributed by atoms with E-state index in [9.17, 15) is 13.8 Å². The molecule has 2 atom stereocenters. The van der Waals surface area contributed by atoms with E-state index in [1.54, 1.807) is 0 Å². The minimum Gasteiger partial charge on any atom is -0.433 e. The lowest BCUT2D eigenvalue weighted by atomic mass is 10.3. The number of hydrogen-bond acceptors (Lipinski definition) is 6. The Kier molecular flexibility index (Phi) is 2.57. The van der Waals surface area contributed by atoms with Crippen molar-refractivity contribution < 1.29 is 32.1 Å². The minimum absolute atomic E-state index is 0.150. The van der Waals surface area contributed by atoms with Crippen molar-refractivity contribution in [1.82, 2.24) is 0 Å². The maximum Gasteiger partial charge on any atom is 0.478 e. The molecule has 0 N–H and O–H groups in total. The van der Waals surface area contributed by atoms with Gasteiger partial charge >= 0.3 is 13.8 Å². The van der Waals surface area contributed by atoms with E-state index >= 15 is 0 Å². The van der Waals surface area contributed by atoms with Crippen LogP contribution in [0.5, 0.6) is 0 Å². The Balaban J connectivity index is 1.92. The van der Waals surface area contributed by atoms with E-state index in [0.29, 0.717) is 0 Å². The van der Waals surface area contributed by atoms with Gasteiger partial charge in [0.1, 0.15) is 0 Å². The molecule has 0 aromatic carbocycles. The van der Waals surface area contributed by atoms with Gasteiger partial charge in [-0.2, -0.15) is 0 Å². The summed E-state index contributed by atoms with van der Waals surface area (Å²) in [7, 11) is -3.62. The highest BCUT2D eigenvalue weighted by atomic mass is 31.2. The zero-order valence-corrected chi connectivity index (χ0v) is 7.95. The second-order valence-corrected chi connectivity index (χ2v) is 4.41. The summed E-state index contributed by atoms with van der Waals surface area (Å²) >= 11 is 0. The molecule has 2 saturated heterocycles. The van der Waals surface area contributed by atoms with Gasteiger partial charge < -0.3 is 4.74 Å². The van der Waals surface area contributed by atoms with Crippen molar-refractivity contribution in [1.29, 1.82) is 0 Å². The highest BCUT2D eigenvalue weighted by Gasteiger charge is 2.42. The molecule has 0 amide bonds. The zero-order valence-electron chi connectivity index (χ0n) is 7.05. The van der Waals surface area contributed by atoms with Crippen molar-refractivity contribution in [2.45, 2.75) is 18.9 Å². The smallest absolute Gasteiger partial charge is 0.433 e. The molecular formula is C6H8FO6P. The van der Waals surface area contributed by atoms with Gasteiger partial charge in [-0.3, -0.25) is 9.05 Å². The molecule has 2 aliphatic heterocycles. The number of rotatable bonds is 2. The molecule has 0 aromatic heterocycles. The fourth-order valence-corrected chi connectivity index (χ4v) is 2.33. The normalized spacial score (nSPS) is 35.9. The Hall–Kier alpha value is -0.490. The van der Waals surface area contributed by atoms with Crippen LogP contribution < -0.4 is 0 Å². The third kappa shape index (κ3) is 1.95. The standard InChI is InChI=1S/C6H8FO6P/c7-4-3-5(12-6(4)8)13-14(9)10-1-2-11-14/h4-5H,1-3H2. The van der Waals surface area contributed by atoms with Crippen molar-refractivity contribution in [3.8, 4) is 0 Å². The van der Waals surface area contributed by atoms with E-state index in [4.69, 9.17) is 4.52 Å². The average Bonchev–Trinajstić information content (AvgIpc) is 2.62. The minimum atomic E-state index is -3.62. The fourth-order valence-electron chi connectivity index (χ4n) is 1.12. The SMILES string of the molecule is O=C1OC(OP2(=O)OCCO2)CC1F. The third-order valence-corrected chi connectivity index (χ3v) is 3.22. The van der Waals surface area contributed by atoms with Gasteiger partial charge in [-0.05, 0) is 0 Å². The number of phosphoric ester groups is 1. The molecule has 0 radical (unpaired) electrons. The molecule has 0 bridgehead atoms. The predicted octanol–water partition coefficient (Wildman–Crippen LogP) is 0.769. The van der Waals surface area contributed by atoms with Gasteiger partial charge in [0.2, 0.25) is 12.5 Å². The largest absolute Gasteiger partial charge is 0.478 e. The number of alkyl halides is 1. The van der Waals surface area contributed by atoms with Gasteiger partial charge in [0, 0.05) is 0 Å². The molecule has 80 valence electrons. The Morgan fingerprint density at radius 1 is 1.43 bits per heavy atom. The van der Waals surface area contributed by atoms with Crippen LogP contribution in [-0.2, 0) is 27.7 Å². The van der Waals surface area contributed by atoms with Gasteiger partial charge in [-0.15, -0.1) is 0 Å². The van der Waals surface area contributed by atoms with Crippen LogP contribution in [0.3, 0.4) is 0 Å². The molecule has 2 heterocycles. The molecule has 2 unspecified atom stereocenters. The number of esters is 1. The summed E-state index contributed by atoms with van der Waals surface area (Å²) in [5.74, 6) is -1.01. The van der Waals surface area contributed by atoms with Crippen LogP contribution in [0.4, 0.5) is 4.39 Å². The van der Waals surface area contributed by atoms with Crippen molar-refractivity contribution in [2.24, 2.45) is 0 Å². The van der Waals surface area contributed by atoms with Crippen LogP contribution in [0.2, 0.25) is 0 Å². The van der Waals surface area contributed by atoms with E-state index in [2.05, 4.69) is 13.8 Å². The van der Waals surface area contributed by atoms with Crippen molar-refractivity contribution in [3.05, 3.63) is 0 Å². The third-order valence-electron chi connectivity index (χ3n) is 1.73. The fraction of sp³-hybridized carbons (Fsp3) is 0.833. The Labute approximate surface area is 78.9 Å². The molecule has 2 rings (SSSR count). The number of halogens is 1. The van der Waals surface area contributed by atoms with Gasteiger partial charge in [-0.1, -0.05) is 0 Å². The van der Waals surface area contributed by atoms with Crippen LogP contribution in [0.25, 0.3) is 0 Å². The molecule has 8 heteroatoms. The quantitative estimate of drug-likeness (QED) is 0.511. The first-order valence-corrected chi connectivity index (χ1v) is 5.47. The van der Waals surface area contributed by atoms with Gasteiger partial charge in [-0.25, -0.2) is 18.3 Å². The topological polar surface area (TPSA) is 71.1 Å². The van der Waals surface area contributed by atoms with Crippen molar-refractivity contribution >= 4 is 13.8 Å². The summed E-state index contributed by atoms with van der Waals surface area (Å²) in [4.78, 5) is 10.6. The molecule has 0 saturated carbocycles. The first-order chi connectivity index (χ1) is 6.59. The number of phosphoric acid groups is 1. The molecular weight excluding hydrogens is 218 g/mol. The molecule has 14 heavy (non-hydrogen) atoms. The van der Waals surface area contributed by atoms with Crippen LogP contribution in [-0.4, -0.2) is 31.6 Å². The van der Waals surface area contributed by atoms with Crippen molar-refractivity contribution in [3.63, 3.8) is 0 Å². The Bertz CT molecular complexity index is 284. The van der Waals surface area contributed by atoms with Crippen LogP contribution in [0.15, 0.2) is 0 Å². The number of hydrogen-bond donors (Lipinski definition) is 0. The second kappa shape index (κ2) is 3.58. The van der Waals surface area contributed by atoms with E-state index in [0.717, 1.165) is 0 Å². The average molecular weight is 226 g/mol. The summed E-state index contributed by atoms with van der Waals surface area (Å²) in [6.07, 6.45) is -3.19. The summed E-state index contributed by atoms with van der Waals surface area (Å²) in [6.45, 7) is 0.300. The first kappa shape index (κ1) is 10.0. The van der Waals surface area contributed by atoms with Crippen molar-refractivity contribution in [2.75, 3.05) is 13.2 Å². The molecule has 0 spiro atoms. The Morgan fingerprint density at radius 2 is 2.07 bits per heavy atom. The molecule has 0 aliphatic carbocycles. The first-order valence-electron chi connectivity index (χ1n) is 4.01. The van der Waals surface area contributed by atoms with E-state index in [1.807, 2.05) is 0 Å². The number of carbonyl (C=O) groups excluding carboxylic acids is 1. The number of cyclic esters (lactones) is 1. The highest BCUT2D eigenvalue weighted by molar-refractivity contribution is 7.48. The predicted molar refractivity (Wildman–Crippen MR) is 40.0 cm³/mol. The van der Waals surface area contributed by atoms with Crippen LogP contribution in [0, 0.1) is 0 Å². The number of ether oxygens (including phenoxy) is 1. The zero-order chi connectivity index (χ0) is 10.2. The van der Waals surface area contributed by atoms with Crippen LogP contribution in [0.1, 0.15) is 6.42 Å². The summed E-state index contributed by atoms with van der Waals surface area (Å²) < 4.78 is 42.5. The molecule has 6 nitrogen and oxygen atoms in total. The van der Waals surface area contributed by atoms with E-state index in [-0.39, 0.29) is 19.6 Å². The summed E-state index contributed by atoms with van der Waals surface area (Å²) in [5, 5.41) is 0. The molecule has 2 aliphatic rings. The Morgan fingerprint density at radius 3 is 2.57 bits per heavy atom. The van der Waals surface area contributed by atoms with E-state index < -0.39 is 26.3 Å². The summed E-state index contributed by atoms with van der Waals surface area (Å²) in [5.41, 5.74) is 0. The van der Waals surface area contributed by atoms with E-state index in [1.165, 1.54) is 0 Å². The second-order valence-electron chi connectivity index (χ2n) is 2.79. The lowest BCUT2D eigenvalue weighted by Gasteiger charge is -2.13. The monoisotopic (exact) mass is 226 g/mol. The maximum absolute atomic E-state index is 12.6. The summed E-state index contributed by atoms with van der Waals surface area (Å²) in [6, 6.07) is 0. The molecule has 2 fully saturated rings. The lowest BCUT2D eigenvalue weighted by Crippen LogP contribution is -2.10. The lowest BCUT2D eigenvalue weighted by molar-refractivity contribution is -0.154. The van der Waals surface area contributed by atoms with Crippen LogP contribution >= 0.6 is 7.82 Å².